The molecule has 13 heavy (non-hydrogen) atoms. The molecule has 0 unspecified atom stereocenters. The highest BCUT2D eigenvalue weighted by atomic mass is 15.3. The van der Waals surface area contributed by atoms with Crippen LogP contribution in [0.5, 0.6) is 0 Å². The minimum Gasteiger partial charge on any atom is -0.362 e. The van der Waals surface area contributed by atoms with Crippen molar-refractivity contribution in [2.45, 2.75) is 6.42 Å². The minimum atomic E-state index is 0.666. The van der Waals surface area contributed by atoms with Gasteiger partial charge >= 0.3 is 0 Å². The predicted octanol–water partition coefficient (Wildman–Crippen LogP) is 1.79. The Bertz CT molecular complexity index is 241. The molecule has 0 saturated carbocycles. The molecule has 1 aliphatic carbocycles. The molecule has 70 valence electrons. The van der Waals surface area contributed by atoms with Crippen molar-refractivity contribution in [3.8, 4) is 0 Å². The molecular formula is C11H16N2. The van der Waals surface area contributed by atoms with Crippen molar-refractivity contribution >= 4 is 0 Å². The number of allylic oxidation sites excluding steroid dienone is 4. The fraction of sp³-hybridized carbons (Fsp3) is 0.455. The topological polar surface area (TPSA) is 6.48 Å². The maximum absolute atomic E-state index is 2.35. The molecule has 0 fully saturated rings. The van der Waals surface area contributed by atoms with E-state index in [0.29, 0.717) is 5.92 Å². The van der Waals surface area contributed by atoms with Gasteiger partial charge < -0.3 is 9.80 Å². The third kappa shape index (κ3) is 2.14. The first-order valence-corrected chi connectivity index (χ1v) is 4.82. The second kappa shape index (κ2) is 3.69. The highest BCUT2D eigenvalue weighted by Crippen LogP contribution is 2.15. The third-order valence-electron chi connectivity index (χ3n) is 2.51. The van der Waals surface area contributed by atoms with Crippen LogP contribution in [0.1, 0.15) is 6.42 Å². The van der Waals surface area contributed by atoms with E-state index >= 15 is 0 Å². The van der Waals surface area contributed by atoms with E-state index in [-0.39, 0.29) is 0 Å². The minimum absolute atomic E-state index is 0.666. The second-order valence-electron chi connectivity index (χ2n) is 3.73. The molecule has 2 rings (SSSR count). The monoisotopic (exact) mass is 176 g/mol. The van der Waals surface area contributed by atoms with Gasteiger partial charge in [0.2, 0.25) is 0 Å². The van der Waals surface area contributed by atoms with Gasteiger partial charge in [0.15, 0.2) is 0 Å². The van der Waals surface area contributed by atoms with Gasteiger partial charge in [-0.15, -0.1) is 0 Å². The van der Waals surface area contributed by atoms with Gasteiger partial charge in [-0.2, -0.15) is 0 Å². The zero-order chi connectivity index (χ0) is 9.10. The van der Waals surface area contributed by atoms with Gasteiger partial charge in [0.1, 0.15) is 0 Å². The van der Waals surface area contributed by atoms with Crippen molar-refractivity contribution in [1.82, 2.24) is 9.80 Å². The summed E-state index contributed by atoms with van der Waals surface area (Å²) >= 11 is 0. The van der Waals surface area contributed by atoms with Crippen molar-refractivity contribution in [1.29, 1.82) is 0 Å². The number of nitrogens with zero attached hydrogens (tertiary/aromatic N) is 2. The van der Waals surface area contributed by atoms with E-state index in [9.17, 15) is 0 Å². The van der Waals surface area contributed by atoms with Crippen LogP contribution in [0.4, 0.5) is 0 Å². The van der Waals surface area contributed by atoms with Crippen LogP contribution in [0, 0.1) is 5.92 Å². The molecule has 1 heterocycles. The maximum Gasteiger partial charge on any atom is 0.0890 e. The standard InChI is InChI=1S/C11H16N2/c1-12-8-9-13(10-12)7-6-11-4-2-3-5-11/h2-5,8-9,11H,6-7,10H2,1H3. The normalized spacial score (nSPS) is 21.0. The molecule has 0 N–H and O–H groups in total. The molecule has 0 aromatic rings. The molecular weight excluding hydrogens is 160 g/mol. The number of hydrogen-bond donors (Lipinski definition) is 0. The van der Waals surface area contributed by atoms with Gasteiger partial charge in [-0.25, -0.2) is 0 Å². The number of hydrogen-bond acceptors (Lipinski definition) is 2. The van der Waals surface area contributed by atoms with Crippen LogP contribution in [0.2, 0.25) is 0 Å². The smallest absolute Gasteiger partial charge is 0.0890 e. The summed E-state index contributed by atoms with van der Waals surface area (Å²) in [5.74, 6) is 0.666. The van der Waals surface area contributed by atoms with E-state index in [2.05, 4.69) is 53.6 Å². The van der Waals surface area contributed by atoms with Crippen LogP contribution >= 0.6 is 0 Å². The molecule has 0 saturated heterocycles. The Morgan fingerprint density at radius 2 is 2.00 bits per heavy atom. The van der Waals surface area contributed by atoms with Crippen molar-refractivity contribution in [2.24, 2.45) is 5.92 Å². The molecule has 0 spiro atoms. The Labute approximate surface area is 79.8 Å². The van der Waals surface area contributed by atoms with Gasteiger partial charge in [0.25, 0.3) is 0 Å². The zero-order valence-corrected chi connectivity index (χ0v) is 8.06. The van der Waals surface area contributed by atoms with Crippen LogP contribution in [0.15, 0.2) is 36.7 Å². The Kier molecular flexibility index (Phi) is 2.39. The lowest BCUT2D eigenvalue weighted by Gasteiger charge is -2.18. The van der Waals surface area contributed by atoms with Crippen molar-refractivity contribution in [3.63, 3.8) is 0 Å². The van der Waals surface area contributed by atoms with E-state index in [1.54, 1.807) is 0 Å². The summed E-state index contributed by atoms with van der Waals surface area (Å²) in [6, 6.07) is 0. The molecule has 1 aliphatic heterocycles. The molecule has 2 heteroatoms. The van der Waals surface area contributed by atoms with Crippen molar-refractivity contribution in [3.05, 3.63) is 36.7 Å². The summed E-state index contributed by atoms with van der Waals surface area (Å²) in [5, 5.41) is 0. The molecule has 0 aromatic carbocycles. The van der Waals surface area contributed by atoms with Gasteiger partial charge in [-0.05, 0) is 12.3 Å². The summed E-state index contributed by atoms with van der Waals surface area (Å²) in [6.45, 7) is 2.19. The van der Waals surface area contributed by atoms with E-state index in [1.165, 1.54) is 6.42 Å². The quantitative estimate of drug-likeness (QED) is 0.647. The molecule has 2 aliphatic rings. The van der Waals surface area contributed by atoms with E-state index in [1.807, 2.05) is 0 Å². The predicted molar refractivity (Wildman–Crippen MR) is 54.9 cm³/mol. The fourth-order valence-corrected chi connectivity index (χ4v) is 1.72. The summed E-state index contributed by atoms with van der Waals surface area (Å²) in [7, 11) is 2.10. The summed E-state index contributed by atoms with van der Waals surface area (Å²) < 4.78 is 0. The van der Waals surface area contributed by atoms with Crippen LogP contribution in [0.25, 0.3) is 0 Å². The van der Waals surface area contributed by atoms with Gasteiger partial charge in [-0.3, -0.25) is 0 Å². The Balaban J connectivity index is 1.71. The molecule has 2 nitrogen and oxygen atoms in total. The third-order valence-corrected chi connectivity index (χ3v) is 2.51. The average Bonchev–Trinajstić information content (AvgIpc) is 2.71. The SMILES string of the molecule is CN1C=CN(CCC2C=CC=C2)C1. The van der Waals surface area contributed by atoms with Gasteiger partial charge in [-0.1, -0.05) is 24.3 Å². The lowest BCUT2D eigenvalue weighted by atomic mass is 10.1. The average molecular weight is 176 g/mol. The zero-order valence-electron chi connectivity index (χ0n) is 8.06. The fourth-order valence-electron chi connectivity index (χ4n) is 1.72. The largest absolute Gasteiger partial charge is 0.362 e. The maximum atomic E-state index is 2.35. The van der Waals surface area contributed by atoms with Crippen molar-refractivity contribution < 1.29 is 0 Å². The summed E-state index contributed by atoms with van der Waals surface area (Å²) in [4.78, 5) is 4.54. The Morgan fingerprint density at radius 3 is 2.62 bits per heavy atom. The highest BCUT2D eigenvalue weighted by molar-refractivity contribution is 5.17. The van der Waals surface area contributed by atoms with Crippen LogP contribution in [0.3, 0.4) is 0 Å². The van der Waals surface area contributed by atoms with Crippen LogP contribution in [-0.4, -0.2) is 30.1 Å². The summed E-state index contributed by atoms with van der Waals surface area (Å²) in [5.41, 5.74) is 0. The molecule has 0 bridgehead atoms. The first-order valence-electron chi connectivity index (χ1n) is 4.82. The summed E-state index contributed by atoms with van der Waals surface area (Å²) in [6.07, 6.45) is 14.3. The molecule has 0 radical (unpaired) electrons. The first-order chi connectivity index (χ1) is 6.34. The molecule has 0 amide bonds. The Morgan fingerprint density at radius 1 is 1.23 bits per heavy atom. The Hall–Kier alpha value is -1.18. The van der Waals surface area contributed by atoms with Crippen molar-refractivity contribution in [2.75, 3.05) is 20.3 Å². The van der Waals surface area contributed by atoms with Gasteiger partial charge in [0.05, 0.1) is 6.67 Å². The lowest BCUT2D eigenvalue weighted by Crippen LogP contribution is -2.24. The first kappa shape index (κ1) is 8.42. The van der Waals surface area contributed by atoms with Crippen LogP contribution < -0.4 is 0 Å². The van der Waals surface area contributed by atoms with Crippen LogP contribution in [-0.2, 0) is 0 Å². The molecule has 0 aromatic heterocycles. The second-order valence-corrected chi connectivity index (χ2v) is 3.73. The van der Waals surface area contributed by atoms with E-state index in [0.717, 1.165) is 13.2 Å². The van der Waals surface area contributed by atoms with Gasteiger partial charge in [0, 0.05) is 26.0 Å². The number of rotatable bonds is 3. The lowest BCUT2D eigenvalue weighted by molar-refractivity contribution is 0.289. The van der Waals surface area contributed by atoms with E-state index in [4.69, 9.17) is 0 Å². The molecule has 0 atom stereocenters. The highest BCUT2D eigenvalue weighted by Gasteiger charge is 2.10. The van der Waals surface area contributed by atoms with E-state index < -0.39 is 0 Å².